The molecule has 0 spiro atoms. The molecule has 5 nitrogen and oxygen atoms in total. The standard InChI is InChI=1S/C13H14N4O/c1-10-7-11(8-15-16-13(14)18)9-17(10)12-5-3-2-4-6-12/h2-9H,1H3,(H3,14,16,18)/b15-8-. The van der Waals surface area contributed by atoms with Gasteiger partial charge in [0, 0.05) is 23.1 Å². The van der Waals surface area contributed by atoms with Crippen LogP contribution in [0.5, 0.6) is 0 Å². The fourth-order valence-electron chi connectivity index (χ4n) is 1.71. The van der Waals surface area contributed by atoms with Gasteiger partial charge in [0.05, 0.1) is 6.21 Å². The zero-order valence-corrected chi connectivity index (χ0v) is 10.00. The molecule has 0 radical (unpaired) electrons. The summed E-state index contributed by atoms with van der Waals surface area (Å²) in [5, 5.41) is 3.73. The first-order chi connectivity index (χ1) is 8.66. The van der Waals surface area contributed by atoms with Gasteiger partial charge in [0.2, 0.25) is 0 Å². The van der Waals surface area contributed by atoms with E-state index < -0.39 is 6.03 Å². The van der Waals surface area contributed by atoms with Crippen molar-refractivity contribution in [3.05, 3.63) is 53.9 Å². The van der Waals surface area contributed by atoms with E-state index in [1.165, 1.54) is 0 Å². The minimum atomic E-state index is -0.675. The molecule has 0 aliphatic rings. The molecule has 0 unspecified atom stereocenters. The average Bonchev–Trinajstić information content (AvgIpc) is 2.71. The van der Waals surface area contributed by atoms with Gasteiger partial charge in [-0.3, -0.25) is 0 Å². The summed E-state index contributed by atoms with van der Waals surface area (Å²) in [6.07, 6.45) is 3.49. The molecule has 0 bridgehead atoms. The Hall–Kier alpha value is -2.56. The van der Waals surface area contributed by atoms with Gasteiger partial charge < -0.3 is 10.3 Å². The largest absolute Gasteiger partial charge is 0.350 e. The van der Waals surface area contributed by atoms with Gasteiger partial charge in [-0.15, -0.1) is 0 Å². The molecular formula is C13H14N4O. The predicted molar refractivity (Wildman–Crippen MR) is 70.8 cm³/mol. The number of benzene rings is 1. The summed E-state index contributed by atoms with van der Waals surface area (Å²) in [7, 11) is 0. The third-order valence-electron chi connectivity index (χ3n) is 2.46. The summed E-state index contributed by atoms with van der Waals surface area (Å²) in [6.45, 7) is 2.01. The van der Waals surface area contributed by atoms with Crippen molar-refractivity contribution >= 4 is 12.2 Å². The normalized spacial score (nSPS) is 10.7. The van der Waals surface area contributed by atoms with Crippen molar-refractivity contribution < 1.29 is 4.79 Å². The highest BCUT2D eigenvalue weighted by Crippen LogP contribution is 2.13. The first kappa shape index (κ1) is 11.9. The molecule has 92 valence electrons. The molecule has 2 aromatic rings. The van der Waals surface area contributed by atoms with Gasteiger partial charge in [-0.1, -0.05) is 18.2 Å². The number of nitrogens with one attached hydrogen (secondary N) is 1. The monoisotopic (exact) mass is 242 g/mol. The topological polar surface area (TPSA) is 72.4 Å². The number of hydrogen-bond acceptors (Lipinski definition) is 2. The van der Waals surface area contributed by atoms with E-state index in [4.69, 9.17) is 5.73 Å². The molecule has 1 heterocycles. The van der Waals surface area contributed by atoms with E-state index in [9.17, 15) is 4.79 Å². The molecule has 3 N–H and O–H groups in total. The van der Waals surface area contributed by atoms with E-state index in [-0.39, 0.29) is 0 Å². The number of amides is 2. The zero-order valence-electron chi connectivity index (χ0n) is 10.00. The summed E-state index contributed by atoms with van der Waals surface area (Å²) >= 11 is 0. The molecule has 0 aliphatic carbocycles. The van der Waals surface area contributed by atoms with Crippen molar-refractivity contribution in [2.24, 2.45) is 10.8 Å². The summed E-state index contributed by atoms with van der Waals surface area (Å²) in [5.41, 5.74) is 10.1. The van der Waals surface area contributed by atoms with Crippen LogP contribution >= 0.6 is 0 Å². The maximum Gasteiger partial charge on any atom is 0.332 e. The van der Waals surface area contributed by atoms with Gasteiger partial charge in [0.25, 0.3) is 0 Å². The molecule has 0 atom stereocenters. The number of carbonyl (C=O) groups excluding carboxylic acids is 1. The number of para-hydroxylation sites is 1. The van der Waals surface area contributed by atoms with Gasteiger partial charge in [-0.25, -0.2) is 10.2 Å². The van der Waals surface area contributed by atoms with Crippen LogP contribution in [0, 0.1) is 6.92 Å². The van der Waals surface area contributed by atoms with Crippen LogP contribution in [-0.4, -0.2) is 16.8 Å². The summed E-state index contributed by atoms with van der Waals surface area (Å²) in [6, 6.07) is 11.3. The number of hydrogen-bond donors (Lipinski definition) is 2. The van der Waals surface area contributed by atoms with Gasteiger partial charge in [0.15, 0.2) is 0 Å². The fraction of sp³-hybridized carbons (Fsp3) is 0.0769. The lowest BCUT2D eigenvalue weighted by molar-refractivity contribution is 0.249. The highest BCUT2D eigenvalue weighted by Gasteiger charge is 2.02. The van der Waals surface area contributed by atoms with Gasteiger partial charge >= 0.3 is 6.03 Å². The number of rotatable bonds is 3. The van der Waals surface area contributed by atoms with E-state index >= 15 is 0 Å². The number of aromatic nitrogens is 1. The number of urea groups is 1. The Morgan fingerprint density at radius 1 is 1.39 bits per heavy atom. The zero-order chi connectivity index (χ0) is 13.0. The lowest BCUT2D eigenvalue weighted by Gasteiger charge is -2.04. The van der Waals surface area contributed by atoms with Crippen molar-refractivity contribution in [2.45, 2.75) is 6.92 Å². The van der Waals surface area contributed by atoms with E-state index in [2.05, 4.69) is 10.5 Å². The van der Waals surface area contributed by atoms with Crippen LogP contribution < -0.4 is 11.2 Å². The van der Waals surface area contributed by atoms with Crippen LogP contribution in [0.4, 0.5) is 4.79 Å². The Labute approximate surface area is 105 Å². The van der Waals surface area contributed by atoms with Crippen LogP contribution in [0.1, 0.15) is 11.3 Å². The molecule has 2 amide bonds. The molecular weight excluding hydrogens is 228 g/mol. The highest BCUT2D eigenvalue weighted by molar-refractivity contribution is 5.81. The van der Waals surface area contributed by atoms with Crippen LogP contribution in [0.2, 0.25) is 0 Å². The minimum absolute atomic E-state index is 0.675. The Balaban J connectivity index is 2.22. The summed E-state index contributed by atoms with van der Waals surface area (Å²) in [5.74, 6) is 0. The van der Waals surface area contributed by atoms with Gasteiger partial charge in [-0.2, -0.15) is 5.10 Å². The molecule has 0 saturated heterocycles. The Morgan fingerprint density at radius 2 is 2.11 bits per heavy atom. The van der Waals surface area contributed by atoms with Crippen LogP contribution in [0.15, 0.2) is 47.7 Å². The SMILES string of the molecule is Cc1cc(/C=N\NC(N)=O)cn1-c1ccccc1. The number of carbonyl (C=O) groups is 1. The second kappa shape index (κ2) is 5.18. The summed E-state index contributed by atoms with van der Waals surface area (Å²) < 4.78 is 2.05. The lowest BCUT2D eigenvalue weighted by Crippen LogP contribution is -2.24. The fourth-order valence-corrected chi connectivity index (χ4v) is 1.71. The average molecular weight is 242 g/mol. The number of hydrazone groups is 1. The quantitative estimate of drug-likeness (QED) is 0.625. The van der Waals surface area contributed by atoms with Crippen LogP contribution in [-0.2, 0) is 0 Å². The maximum atomic E-state index is 10.5. The third-order valence-corrected chi connectivity index (χ3v) is 2.46. The van der Waals surface area contributed by atoms with Crippen LogP contribution in [0.3, 0.4) is 0 Å². The van der Waals surface area contributed by atoms with Crippen molar-refractivity contribution in [3.8, 4) is 5.69 Å². The molecule has 18 heavy (non-hydrogen) atoms. The molecule has 5 heteroatoms. The minimum Gasteiger partial charge on any atom is -0.350 e. The number of aryl methyl sites for hydroxylation is 1. The maximum absolute atomic E-state index is 10.5. The smallest absolute Gasteiger partial charge is 0.332 e. The molecule has 1 aromatic heterocycles. The number of primary amides is 1. The molecule has 1 aromatic carbocycles. The second-order valence-corrected chi connectivity index (χ2v) is 3.85. The van der Waals surface area contributed by atoms with E-state index in [1.807, 2.05) is 54.1 Å². The lowest BCUT2D eigenvalue weighted by atomic mass is 10.3. The molecule has 0 saturated carbocycles. The predicted octanol–water partition coefficient (Wildman–Crippen LogP) is 1.79. The van der Waals surface area contributed by atoms with E-state index in [0.29, 0.717) is 0 Å². The second-order valence-electron chi connectivity index (χ2n) is 3.85. The number of nitrogens with zero attached hydrogens (tertiary/aromatic N) is 2. The van der Waals surface area contributed by atoms with Gasteiger partial charge in [0.1, 0.15) is 0 Å². The van der Waals surface area contributed by atoms with E-state index in [0.717, 1.165) is 16.9 Å². The van der Waals surface area contributed by atoms with Crippen molar-refractivity contribution in [2.75, 3.05) is 0 Å². The molecule has 0 aliphatic heterocycles. The van der Waals surface area contributed by atoms with E-state index in [1.54, 1.807) is 6.21 Å². The first-order valence-corrected chi connectivity index (χ1v) is 5.50. The first-order valence-electron chi connectivity index (χ1n) is 5.50. The summed E-state index contributed by atoms with van der Waals surface area (Å²) in [4.78, 5) is 10.5. The van der Waals surface area contributed by atoms with Crippen molar-refractivity contribution in [3.63, 3.8) is 0 Å². The third kappa shape index (κ3) is 2.76. The number of nitrogens with two attached hydrogens (primary N) is 1. The van der Waals surface area contributed by atoms with Crippen molar-refractivity contribution in [1.29, 1.82) is 0 Å². The van der Waals surface area contributed by atoms with Gasteiger partial charge in [-0.05, 0) is 25.1 Å². The molecule has 2 rings (SSSR count). The highest BCUT2D eigenvalue weighted by atomic mass is 16.2. The molecule has 0 fully saturated rings. The Bertz CT molecular complexity index is 572. The Kier molecular flexibility index (Phi) is 3.43. The van der Waals surface area contributed by atoms with Crippen LogP contribution in [0.25, 0.3) is 5.69 Å². The van der Waals surface area contributed by atoms with Crippen molar-refractivity contribution in [1.82, 2.24) is 9.99 Å². The Morgan fingerprint density at radius 3 is 2.78 bits per heavy atom.